The number of nitrogens with zero attached hydrogens (tertiary/aromatic N) is 4. The molecule has 0 amide bonds. The maximum absolute atomic E-state index is 12.6. The van der Waals surface area contributed by atoms with E-state index in [4.69, 9.17) is 11.6 Å². The van der Waals surface area contributed by atoms with E-state index in [9.17, 15) is 9.59 Å². The predicted molar refractivity (Wildman–Crippen MR) is 123 cm³/mol. The topological polar surface area (TPSA) is 97.1 Å². The Hall–Kier alpha value is -3.65. The second-order valence-corrected chi connectivity index (χ2v) is 7.57. The summed E-state index contributed by atoms with van der Waals surface area (Å²) in [6, 6.07) is 17.3. The van der Waals surface area contributed by atoms with Crippen LogP contribution in [0.15, 0.2) is 69.3 Å². The Morgan fingerprint density at radius 1 is 1.13 bits per heavy atom. The first-order valence-corrected chi connectivity index (χ1v) is 10.1. The summed E-state index contributed by atoms with van der Waals surface area (Å²) in [6.07, 6.45) is 0.684. The van der Waals surface area contributed by atoms with Crippen molar-refractivity contribution in [1.29, 1.82) is 0 Å². The van der Waals surface area contributed by atoms with Crippen molar-refractivity contribution in [2.24, 2.45) is 12.1 Å². The standard InChI is InChI=1S/C22H21ClN6O2/c1-14(16-8-10-17(23)11-9-16)26-27-21-24-19-18(20(30)25-22(31)28(19)2)29(21)13-12-15-6-4-3-5-7-15/h3-11H,12-13H2,1-2H3,(H,24,27)(H,25,30,31). The van der Waals surface area contributed by atoms with Crippen LogP contribution in [0.1, 0.15) is 18.1 Å². The Kier molecular flexibility index (Phi) is 5.73. The Balaban J connectivity index is 1.74. The summed E-state index contributed by atoms with van der Waals surface area (Å²) < 4.78 is 3.07. The number of hydrogen-bond acceptors (Lipinski definition) is 5. The zero-order valence-electron chi connectivity index (χ0n) is 17.1. The maximum Gasteiger partial charge on any atom is 0.329 e. The van der Waals surface area contributed by atoms with Crippen LogP contribution in [0.25, 0.3) is 11.2 Å². The van der Waals surface area contributed by atoms with Gasteiger partial charge in [0.2, 0.25) is 5.95 Å². The largest absolute Gasteiger partial charge is 0.329 e. The van der Waals surface area contributed by atoms with Crippen LogP contribution >= 0.6 is 11.6 Å². The lowest BCUT2D eigenvalue weighted by Gasteiger charge is -2.09. The highest BCUT2D eigenvalue weighted by atomic mass is 35.5. The summed E-state index contributed by atoms with van der Waals surface area (Å²) in [5.74, 6) is 0.381. The molecule has 4 aromatic rings. The smallest absolute Gasteiger partial charge is 0.303 e. The van der Waals surface area contributed by atoms with Gasteiger partial charge in [-0.25, -0.2) is 10.2 Å². The molecule has 0 aliphatic rings. The van der Waals surface area contributed by atoms with Gasteiger partial charge in [0, 0.05) is 18.6 Å². The van der Waals surface area contributed by atoms with Gasteiger partial charge in [0.05, 0.1) is 5.71 Å². The summed E-state index contributed by atoms with van der Waals surface area (Å²) >= 11 is 5.95. The van der Waals surface area contributed by atoms with Gasteiger partial charge in [-0.05, 0) is 36.6 Å². The predicted octanol–water partition coefficient (Wildman–Crippen LogP) is 3.16. The third kappa shape index (κ3) is 4.29. The van der Waals surface area contributed by atoms with E-state index in [1.165, 1.54) is 4.57 Å². The van der Waals surface area contributed by atoms with E-state index in [0.29, 0.717) is 35.1 Å². The maximum atomic E-state index is 12.6. The molecule has 2 aromatic carbocycles. The number of aryl methyl sites for hydroxylation is 3. The van der Waals surface area contributed by atoms with Gasteiger partial charge in [-0.15, -0.1) is 0 Å². The van der Waals surface area contributed by atoms with Crippen molar-refractivity contribution in [3.63, 3.8) is 0 Å². The molecule has 0 aliphatic carbocycles. The molecular weight excluding hydrogens is 416 g/mol. The molecule has 9 heteroatoms. The molecule has 8 nitrogen and oxygen atoms in total. The van der Waals surface area contributed by atoms with Crippen LogP contribution < -0.4 is 16.7 Å². The number of aromatic amines is 1. The van der Waals surface area contributed by atoms with Crippen LogP contribution in [0.4, 0.5) is 5.95 Å². The molecule has 0 fully saturated rings. The van der Waals surface area contributed by atoms with Crippen LogP contribution in [0.2, 0.25) is 5.02 Å². The molecule has 2 N–H and O–H groups in total. The lowest BCUT2D eigenvalue weighted by atomic mass is 10.1. The van der Waals surface area contributed by atoms with Crippen LogP contribution in [-0.2, 0) is 20.0 Å². The summed E-state index contributed by atoms with van der Waals surface area (Å²) in [6.45, 7) is 2.34. The lowest BCUT2D eigenvalue weighted by Crippen LogP contribution is -2.29. The fourth-order valence-corrected chi connectivity index (χ4v) is 3.44. The molecule has 2 heterocycles. The minimum Gasteiger partial charge on any atom is -0.303 e. The first kappa shape index (κ1) is 20.6. The number of fused-ring (bicyclic) bond motifs is 1. The van der Waals surface area contributed by atoms with Crippen LogP contribution in [-0.4, -0.2) is 24.8 Å². The van der Waals surface area contributed by atoms with E-state index in [2.05, 4.69) is 20.5 Å². The Labute approximate surface area is 182 Å². The average molecular weight is 437 g/mol. The fraction of sp³-hybridized carbons (Fsp3) is 0.182. The summed E-state index contributed by atoms with van der Waals surface area (Å²) in [5.41, 5.74) is 5.32. The van der Waals surface area contributed by atoms with Crippen LogP contribution in [0, 0.1) is 0 Å². The number of H-pyrrole nitrogens is 1. The van der Waals surface area contributed by atoms with Gasteiger partial charge in [0.25, 0.3) is 5.56 Å². The van der Waals surface area contributed by atoms with Gasteiger partial charge >= 0.3 is 5.69 Å². The fourth-order valence-electron chi connectivity index (χ4n) is 3.31. The number of hydrazone groups is 1. The minimum atomic E-state index is -0.516. The van der Waals surface area contributed by atoms with Crippen molar-refractivity contribution < 1.29 is 0 Å². The molecule has 0 unspecified atom stereocenters. The van der Waals surface area contributed by atoms with Crippen LogP contribution in [0.5, 0.6) is 0 Å². The summed E-state index contributed by atoms with van der Waals surface area (Å²) in [4.78, 5) is 31.5. The van der Waals surface area contributed by atoms with E-state index in [0.717, 1.165) is 16.8 Å². The van der Waals surface area contributed by atoms with Gasteiger partial charge in [-0.3, -0.25) is 14.3 Å². The number of imidazole rings is 1. The minimum absolute atomic E-state index is 0.295. The number of nitrogens with one attached hydrogen (secondary N) is 2. The molecule has 158 valence electrons. The Morgan fingerprint density at radius 2 is 1.84 bits per heavy atom. The van der Waals surface area contributed by atoms with E-state index < -0.39 is 11.2 Å². The number of aromatic nitrogens is 4. The zero-order chi connectivity index (χ0) is 22.0. The lowest BCUT2D eigenvalue weighted by molar-refractivity contribution is 0.716. The van der Waals surface area contributed by atoms with Crippen molar-refractivity contribution in [2.75, 3.05) is 5.43 Å². The first-order chi connectivity index (χ1) is 14.9. The molecule has 0 saturated carbocycles. The van der Waals surface area contributed by atoms with Crippen molar-refractivity contribution >= 4 is 34.4 Å². The summed E-state index contributed by atoms with van der Waals surface area (Å²) in [5, 5.41) is 5.07. The number of hydrogen-bond donors (Lipinski definition) is 2. The quantitative estimate of drug-likeness (QED) is 0.358. The first-order valence-electron chi connectivity index (χ1n) is 9.74. The molecule has 31 heavy (non-hydrogen) atoms. The highest BCUT2D eigenvalue weighted by Crippen LogP contribution is 2.17. The molecule has 0 aliphatic heterocycles. The normalized spacial score (nSPS) is 11.8. The highest BCUT2D eigenvalue weighted by molar-refractivity contribution is 6.30. The van der Waals surface area contributed by atoms with Gasteiger partial charge in [-0.2, -0.15) is 10.1 Å². The Bertz CT molecular complexity index is 1370. The zero-order valence-corrected chi connectivity index (χ0v) is 17.8. The molecule has 0 bridgehead atoms. The SMILES string of the molecule is CC(=NNc1nc2c(c(=O)[nH]c(=O)n2C)n1CCc1ccccc1)c1ccc(Cl)cc1. The third-order valence-corrected chi connectivity index (χ3v) is 5.31. The molecule has 0 saturated heterocycles. The van der Waals surface area contributed by atoms with Crippen LogP contribution in [0.3, 0.4) is 0 Å². The van der Waals surface area contributed by atoms with E-state index >= 15 is 0 Å². The van der Waals surface area contributed by atoms with E-state index in [-0.39, 0.29) is 0 Å². The van der Waals surface area contributed by atoms with Crippen molar-refractivity contribution in [3.05, 3.63) is 91.6 Å². The molecule has 0 spiro atoms. The summed E-state index contributed by atoms with van der Waals surface area (Å²) in [7, 11) is 1.57. The second-order valence-electron chi connectivity index (χ2n) is 7.13. The molecular formula is C22H21ClN6O2. The number of halogens is 1. The van der Waals surface area contributed by atoms with Crippen molar-refractivity contribution in [1.82, 2.24) is 19.1 Å². The average Bonchev–Trinajstić information content (AvgIpc) is 3.15. The van der Waals surface area contributed by atoms with Gasteiger partial charge in [-0.1, -0.05) is 54.1 Å². The third-order valence-electron chi connectivity index (χ3n) is 5.06. The Morgan fingerprint density at radius 3 is 2.55 bits per heavy atom. The molecule has 0 radical (unpaired) electrons. The van der Waals surface area contributed by atoms with Crippen molar-refractivity contribution in [2.45, 2.75) is 19.9 Å². The molecule has 0 atom stereocenters. The van der Waals surface area contributed by atoms with E-state index in [1.54, 1.807) is 23.7 Å². The number of rotatable bonds is 6. The van der Waals surface area contributed by atoms with Crippen molar-refractivity contribution in [3.8, 4) is 0 Å². The van der Waals surface area contributed by atoms with E-state index in [1.807, 2.05) is 49.4 Å². The molecule has 4 rings (SSSR count). The van der Waals surface area contributed by atoms with Gasteiger partial charge in [0.15, 0.2) is 11.2 Å². The van der Waals surface area contributed by atoms with Gasteiger partial charge < -0.3 is 4.57 Å². The highest BCUT2D eigenvalue weighted by Gasteiger charge is 2.17. The van der Waals surface area contributed by atoms with Gasteiger partial charge in [0.1, 0.15) is 0 Å². The molecule has 2 aromatic heterocycles. The number of anilines is 1. The second kappa shape index (κ2) is 8.61. The monoisotopic (exact) mass is 436 g/mol. The number of benzene rings is 2.